The molecule has 0 aromatic heterocycles. The molecular weight excluding hydrogens is 172 g/mol. The lowest BCUT2D eigenvalue weighted by atomic mass is 10.9. The van der Waals surface area contributed by atoms with E-state index in [0.29, 0.717) is 0 Å². The van der Waals surface area contributed by atoms with E-state index in [-0.39, 0.29) is 0 Å². The van der Waals surface area contributed by atoms with Crippen LogP contribution < -0.4 is 0 Å². The fourth-order valence-corrected chi connectivity index (χ4v) is 2.76. The van der Waals surface area contributed by atoms with Crippen LogP contribution in [0.3, 0.4) is 0 Å². The van der Waals surface area contributed by atoms with Crippen molar-refractivity contribution in [1.82, 2.24) is 0 Å². The largest absolute Gasteiger partial charge is 0.386 e. The van der Waals surface area contributed by atoms with Crippen LogP contribution in [0.5, 0.6) is 0 Å². The van der Waals surface area contributed by atoms with Gasteiger partial charge in [-0.1, -0.05) is 5.67 Å². The van der Waals surface area contributed by atoms with Crippen molar-refractivity contribution in [2.45, 2.75) is 19.5 Å². The van der Waals surface area contributed by atoms with Crippen LogP contribution in [0.4, 0.5) is 0 Å². The summed E-state index contributed by atoms with van der Waals surface area (Å²) in [6.45, 7) is 5.77. The summed E-state index contributed by atoms with van der Waals surface area (Å²) in [5, 5.41) is 0. The highest BCUT2D eigenvalue weighted by Gasteiger charge is 1.91. The fraction of sp³-hybridized carbons (Fsp3) is 1.00. The highest BCUT2D eigenvalue weighted by atomic mass is 28.3. The quantitative estimate of drug-likeness (QED) is 0.413. The first kappa shape index (κ1) is 11.4. The van der Waals surface area contributed by atoms with Gasteiger partial charge in [0, 0.05) is 25.7 Å². The Bertz CT molecular complexity index is 63.5. The Morgan fingerprint density at radius 3 is 1.73 bits per heavy atom. The molecule has 0 aliphatic carbocycles. The molecule has 0 bridgehead atoms. The van der Waals surface area contributed by atoms with E-state index >= 15 is 0 Å². The Balaban J connectivity index is 2.69. The first-order valence-electron chi connectivity index (χ1n) is 3.98. The highest BCUT2D eigenvalue weighted by molar-refractivity contribution is 6.55. The molecule has 2 nitrogen and oxygen atoms in total. The molecule has 0 spiro atoms. The molecule has 0 unspecified atom stereocenters. The Kier molecular flexibility index (Phi) is 10.7. The second-order valence-corrected chi connectivity index (χ2v) is 4.94. The van der Waals surface area contributed by atoms with E-state index in [1.807, 2.05) is 13.8 Å². The number of rotatable bonds is 8. The maximum atomic E-state index is 5.22. The van der Waals surface area contributed by atoms with Crippen LogP contribution in [-0.2, 0) is 9.47 Å². The van der Waals surface area contributed by atoms with Crippen LogP contribution in [-0.4, -0.2) is 44.7 Å². The first-order valence-corrected chi connectivity index (χ1v) is 6.81. The molecule has 0 N–H and O–H groups in total. The zero-order valence-corrected chi connectivity index (χ0v) is 9.35. The maximum Gasteiger partial charge on any atom is 0.0700 e. The zero-order chi connectivity index (χ0) is 8.36. The molecule has 0 aromatic carbocycles. The molecule has 0 aliphatic rings. The highest BCUT2D eigenvalue weighted by Crippen LogP contribution is 1.80. The van der Waals surface area contributed by atoms with Gasteiger partial charge in [-0.25, -0.2) is 0 Å². The molecule has 0 aromatic rings. The summed E-state index contributed by atoms with van der Waals surface area (Å²) in [5.41, 5.74) is 1.28. The second-order valence-electron chi connectivity index (χ2n) is 1.95. The van der Waals surface area contributed by atoms with Gasteiger partial charge in [0.05, 0.1) is 19.0 Å². The molecular formula is C7H16O2Si2. The van der Waals surface area contributed by atoms with Crippen LogP contribution in [0.2, 0.25) is 5.67 Å². The Morgan fingerprint density at radius 1 is 0.909 bits per heavy atom. The van der Waals surface area contributed by atoms with Crippen LogP contribution in [0.15, 0.2) is 0 Å². The van der Waals surface area contributed by atoms with Gasteiger partial charge in [0.25, 0.3) is 0 Å². The van der Waals surface area contributed by atoms with E-state index in [2.05, 4.69) is 0 Å². The molecule has 0 aliphatic heterocycles. The molecule has 0 amide bonds. The van der Waals surface area contributed by atoms with Crippen molar-refractivity contribution in [2.75, 3.05) is 25.7 Å². The topological polar surface area (TPSA) is 18.5 Å². The third-order valence-electron chi connectivity index (χ3n) is 1.07. The van der Waals surface area contributed by atoms with Crippen molar-refractivity contribution in [3.05, 3.63) is 0 Å². The summed E-state index contributed by atoms with van der Waals surface area (Å²) >= 11 is 0. The lowest BCUT2D eigenvalue weighted by Gasteiger charge is -1.99. The van der Waals surface area contributed by atoms with E-state index in [0.717, 1.165) is 44.7 Å². The lowest BCUT2D eigenvalue weighted by molar-refractivity contribution is 0.191. The SMILES string of the molecule is CCOC[Si]C[Si]COCC. The van der Waals surface area contributed by atoms with Gasteiger partial charge in [-0.3, -0.25) is 0 Å². The van der Waals surface area contributed by atoms with Crippen molar-refractivity contribution in [3.8, 4) is 0 Å². The predicted molar refractivity (Wildman–Crippen MR) is 49.3 cm³/mol. The molecule has 0 atom stereocenters. The summed E-state index contributed by atoms with van der Waals surface area (Å²) in [4.78, 5) is 0. The van der Waals surface area contributed by atoms with Gasteiger partial charge in [0.15, 0.2) is 0 Å². The summed E-state index contributed by atoms with van der Waals surface area (Å²) in [6.07, 6.45) is 1.88. The molecule has 11 heavy (non-hydrogen) atoms. The molecule has 4 radical (unpaired) electrons. The average molecular weight is 188 g/mol. The van der Waals surface area contributed by atoms with Gasteiger partial charge in [0.2, 0.25) is 0 Å². The molecule has 4 heteroatoms. The van der Waals surface area contributed by atoms with E-state index in [4.69, 9.17) is 9.47 Å². The van der Waals surface area contributed by atoms with Gasteiger partial charge in [0.1, 0.15) is 0 Å². The normalized spacial score (nSPS) is 10.4. The van der Waals surface area contributed by atoms with Gasteiger partial charge in [-0.2, -0.15) is 0 Å². The molecule has 64 valence electrons. The molecule has 0 fully saturated rings. The van der Waals surface area contributed by atoms with Crippen molar-refractivity contribution in [1.29, 1.82) is 0 Å². The maximum absolute atomic E-state index is 5.22. The van der Waals surface area contributed by atoms with Crippen LogP contribution in [0.25, 0.3) is 0 Å². The van der Waals surface area contributed by atoms with Crippen LogP contribution in [0.1, 0.15) is 13.8 Å². The number of hydrogen-bond donors (Lipinski definition) is 0. The monoisotopic (exact) mass is 188 g/mol. The minimum absolute atomic E-state index is 0.849. The van der Waals surface area contributed by atoms with Crippen LogP contribution in [0, 0.1) is 0 Å². The van der Waals surface area contributed by atoms with E-state index in [1.165, 1.54) is 5.67 Å². The van der Waals surface area contributed by atoms with E-state index in [9.17, 15) is 0 Å². The first-order chi connectivity index (χ1) is 5.41. The van der Waals surface area contributed by atoms with E-state index in [1.54, 1.807) is 0 Å². The minimum atomic E-state index is 0.849. The van der Waals surface area contributed by atoms with Gasteiger partial charge >= 0.3 is 0 Å². The third-order valence-corrected chi connectivity index (χ3v) is 3.88. The Labute approximate surface area is 74.3 Å². The van der Waals surface area contributed by atoms with E-state index < -0.39 is 0 Å². The lowest BCUT2D eigenvalue weighted by Crippen LogP contribution is -2.10. The van der Waals surface area contributed by atoms with Crippen molar-refractivity contribution >= 4 is 19.0 Å². The second kappa shape index (κ2) is 10.4. The van der Waals surface area contributed by atoms with Crippen LogP contribution >= 0.6 is 0 Å². The average Bonchev–Trinajstić information content (AvgIpc) is 2.03. The minimum Gasteiger partial charge on any atom is -0.386 e. The fourth-order valence-electron chi connectivity index (χ4n) is 0.539. The summed E-state index contributed by atoms with van der Waals surface area (Å²) in [5.74, 6) is 0. The Hall–Kier alpha value is 0.354. The summed E-state index contributed by atoms with van der Waals surface area (Å²) in [7, 11) is 1.92. The summed E-state index contributed by atoms with van der Waals surface area (Å²) in [6, 6.07) is 0. The van der Waals surface area contributed by atoms with Crippen molar-refractivity contribution in [3.63, 3.8) is 0 Å². The predicted octanol–water partition coefficient (Wildman–Crippen LogP) is 0.759. The zero-order valence-electron chi connectivity index (χ0n) is 7.35. The van der Waals surface area contributed by atoms with Gasteiger partial charge in [-0.15, -0.1) is 0 Å². The van der Waals surface area contributed by atoms with Gasteiger partial charge < -0.3 is 9.47 Å². The third kappa shape index (κ3) is 10.4. The number of hydrogen-bond acceptors (Lipinski definition) is 2. The van der Waals surface area contributed by atoms with Crippen molar-refractivity contribution in [2.24, 2.45) is 0 Å². The Morgan fingerprint density at radius 2 is 1.36 bits per heavy atom. The molecule has 0 heterocycles. The standard InChI is InChI=1S/C7H16O2Si2/c1-3-8-5-10-7-11-6-9-4-2/h3-7H2,1-2H3. The summed E-state index contributed by atoms with van der Waals surface area (Å²) < 4.78 is 10.4. The molecule has 0 saturated heterocycles. The smallest absolute Gasteiger partial charge is 0.0700 e. The molecule has 0 saturated carbocycles. The molecule has 0 rings (SSSR count). The number of ether oxygens (including phenoxy) is 2. The van der Waals surface area contributed by atoms with Crippen molar-refractivity contribution < 1.29 is 9.47 Å². The van der Waals surface area contributed by atoms with Gasteiger partial charge in [-0.05, 0) is 13.8 Å².